The normalized spacial score (nSPS) is 39.4. The molecule has 1 unspecified atom stereocenters. The first-order valence-electron chi connectivity index (χ1n) is 5.46. The summed E-state index contributed by atoms with van der Waals surface area (Å²) in [6, 6.07) is 0. The van der Waals surface area contributed by atoms with Gasteiger partial charge in [-0.3, -0.25) is 0 Å². The van der Waals surface area contributed by atoms with E-state index >= 15 is 0 Å². The summed E-state index contributed by atoms with van der Waals surface area (Å²) in [4.78, 5) is 0. The van der Waals surface area contributed by atoms with Gasteiger partial charge in [0.15, 0.2) is 6.29 Å². The zero-order chi connectivity index (χ0) is 12.3. The van der Waals surface area contributed by atoms with Crippen molar-refractivity contribution in [1.29, 1.82) is 0 Å². The topological polar surface area (TPSA) is 99.4 Å². The molecule has 0 spiro atoms. The molecule has 16 heavy (non-hydrogen) atoms. The predicted molar refractivity (Wildman–Crippen MR) is 54.6 cm³/mol. The van der Waals surface area contributed by atoms with Crippen LogP contribution in [0.15, 0.2) is 0 Å². The lowest BCUT2D eigenvalue weighted by Crippen LogP contribution is -2.55. The fourth-order valence-electron chi connectivity index (χ4n) is 1.53. The van der Waals surface area contributed by atoms with Crippen LogP contribution in [0.1, 0.15) is 20.3 Å². The molecular formula is C10H20O6. The number of aliphatic hydroxyl groups excluding tert-OH is 4. The lowest BCUT2D eigenvalue weighted by Gasteiger charge is -2.36. The average molecular weight is 236 g/mol. The van der Waals surface area contributed by atoms with Crippen molar-refractivity contribution in [2.75, 3.05) is 6.61 Å². The third kappa shape index (κ3) is 3.13. The van der Waals surface area contributed by atoms with Crippen molar-refractivity contribution in [3.63, 3.8) is 0 Å². The Kier molecular flexibility index (Phi) is 5.10. The van der Waals surface area contributed by atoms with E-state index < -0.39 is 36.8 Å². The van der Waals surface area contributed by atoms with Gasteiger partial charge in [-0.2, -0.15) is 0 Å². The molecule has 6 nitrogen and oxygen atoms in total. The summed E-state index contributed by atoms with van der Waals surface area (Å²) in [5.74, 6) is 0. The summed E-state index contributed by atoms with van der Waals surface area (Å²) >= 11 is 0. The summed E-state index contributed by atoms with van der Waals surface area (Å²) in [6.45, 7) is 3.36. The molecule has 1 aliphatic heterocycles. The molecule has 1 saturated heterocycles. The van der Waals surface area contributed by atoms with Gasteiger partial charge in [0.25, 0.3) is 0 Å². The second kappa shape index (κ2) is 5.90. The number of hydrogen-bond acceptors (Lipinski definition) is 6. The first kappa shape index (κ1) is 13.8. The summed E-state index contributed by atoms with van der Waals surface area (Å²) in [5.41, 5.74) is 0. The summed E-state index contributed by atoms with van der Waals surface area (Å²) in [6.07, 6.45) is -5.36. The van der Waals surface area contributed by atoms with Crippen LogP contribution >= 0.6 is 0 Å². The molecule has 1 heterocycles. The number of ether oxygens (including phenoxy) is 2. The van der Waals surface area contributed by atoms with E-state index in [9.17, 15) is 20.4 Å². The molecule has 0 aromatic rings. The standard InChI is InChI=1S/C10H20O6/c1-3-6(11)5(2)16-10-9(14)8(13)7(12)4-15-10/h5-14H,3-4H2,1-2H3/t5-,6+,7-,8+,9?,10+/m0/s1. The molecule has 1 rings (SSSR count). The largest absolute Gasteiger partial charge is 0.390 e. The summed E-state index contributed by atoms with van der Waals surface area (Å²) in [5, 5.41) is 37.7. The first-order chi connectivity index (χ1) is 7.47. The Morgan fingerprint density at radius 1 is 1.31 bits per heavy atom. The maximum Gasteiger partial charge on any atom is 0.186 e. The van der Waals surface area contributed by atoms with Crippen LogP contribution in [0.4, 0.5) is 0 Å². The second-order valence-electron chi connectivity index (χ2n) is 4.07. The van der Waals surface area contributed by atoms with Crippen LogP contribution in [0.3, 0.4) is 0 Å². The van der Waals surface area contributed by atoms with Crippen LogP contribution in [-0.2, 0) is 9.47 Å². The van der Waals surface area contributed by atoms with Gasteiger partial charge in [0.1, 0.15) is 18.3 Å². The highest BCUT2D eigenvalue weighted by Gasteiger charge is 2.39. The highest BCUT2D eigenvalue weighted by molar-refractivity contribution is 4.83. The van der Waals surface area contributed by atoms with Crippen molar-refractivity contribution in [3.05, 3.63) is 0 Å². The zero-order valence-electron chi connectivity index (χ0n) is 9.48. The van der Waals surface area contributed by atoms with Crippen LogP contribution in [-0.4, -0.2) is 63.8 Å². The molecule has 1 aliphatic rings. The van der Waals surface area contributed by atoms with Gasteiger partial charge >= 0.3 is 0 Å². The fourth-order valence-corrected chi connectivity index (χ4v) is 1.53. The number of aliphatic hydroxyl groups is 4. The van der Waals surface area contributed by atoms with E-state index in [4.69, 9.17) is 9.47 Å². The quantitative estimate of drug-likeness (QED) is 0.479. The van der Waals surface area contributed by atoms with E-state index in [1.807, 2.05) is 0 Å². The lowest BCUT2D eigenvalue weighted by molar-refractivity contribution is -0.287. The van der Waals surface area contributed by atoms with Crippen molar-refractivity contribution in [2.45, 2.75) is 57.1 Å². The molecule has 0 aliphatic carbocycles. The van der Waals surface area contributed by atoms with Gasteiger partial charge in [-0.05, 0) is 13.3 Å². The first-order valence-corrected chi connectivity index (χ1v) is 5.46. The Balaban J connectivity index is 2.48. The van der Waals surface area contributed by atoms with Crippen LogP contribution in [0.25, 0.3) is 0 Å². The molecule has 6 atom stereocenters. The van der Waals surface area contributed by atoms with Crippen molar-refractivity contribution in [3.8, 4) is 0 Å². The van der Waals surface area contributed by atoms with E-state index in [1.165, 1.54) is 0 Å². The summed E-state index contributed by atoms with van der Waals surface area (Å²) < 4.78 is 10.3. The Bertz CT molecular complexity index is 211. The molecule has 96 valence electrons. The van der Waals surface area contributed by atoms with Crippen LogP contribution in [0.5, 0.6) is 0 Å². The van der Waals surface area contributed by atoms with E-state index in [0.717, 1.165) is 0 Å². The van der Waals surface area contributed by atoms with Crippen molar-refractivity contribution >= 4 is 0 Å². The number of rotatable bonds is 4. The molecule has 0 aromatic carbocycles. The van der Waals surface area contributed by atoms with Crippen molar-refractivity contribution in [1.82, 2.24) is 0 Å². The van der Waals surface area contributed by atoms with E-state index in [2.05, 4.69) is 0 Å². The Hall–Kier alpha value is -0.240. The van der Waals surface area contributed by atoms with E-state index in [0.29, 0.717) is 6.42 Å². The van der Waals surface area contributed by atoms with E-state index in [1.54, 1.807) is 13.8 Å². The predicted octanol–water partition coefficient (Wildman–Crippen LogP) is -1.40. The Labute approximate surface area is 94.4 Å². The smallest absolute Gasteiger partial charge is 0.186 e. The third-order valence-corrected chi connectivity index (χ3v) is 2.76. The van der Waals surface area contributed by atoms with Crippen molar-refractivity contribution in [2.24, 2.45) is 0 Å². The fraction of sp³-hybridized carbons (Fsp3) is 1.00. The molecule has 1 fully saturated rings. The van der Waals surface area contributed by atoms with Gasteiger partial charge in [0.2, 0.25) is 0 Å². The Morgan fingerprint density at radius 2 is 1.94 bits per heavy atom. The molecule has 0 bridgehead atoms. The van der Waals surface area contributed by atoms with Gasteiger partial charge in [0.05, 0.1) is 18.8 Å². The number of hydrogen-bond donors (Lipinski definition) is 4. The third-order valence-electron chi connectivity index (χ3n) is 2.76. The molecule has 0 saturated carbocycles. The van der Waals surface area contributed by atoms with Crippen LogP contribution in [0.2, 0.25) is 0 Å². The minimum Gasteiger partial charge on any atom is -0.390 e. The van der Waals surface area contributed by atoms with Gasteiger partial charge in [0, 0.05) is 0 Å². The minimum absolute atomic E-state index is 0.0994. The second-order valence-corrected chi connectivity index (χ2v) is 4.07. The van der Waals surface area contributed by atoms with Crippen LogP contribution in [0, 0.1) is 0 Å². The van der Waals surface area contributed by atoms with Crippen LogP contribution < -0.4 is 0 Å². The lowest BCUT2D eigenvalue weighted by atomic mass is 10.1. The Morgan fingerprint density at radius 3 is 2.50 bits per heavy atom. The van der Waals surface area contributed by atoms with Gasteiger partial charge in [-0.1, -0.05) is 6.92 Å². The molecule has 0 amide bonds. The maximum atomic E-state index is 9.57. The van der Waals surface area contributed by atoms with Gasteiger partial charge in [-0.25, -0.2) is 0 Å². The monoisotopic (exact) mass is 236 g/mol. The average Bonchev–Trinajstić information content (AvgIpc) is 2.28. The molecule has 6 heteroatoms. The highest BCUT2D eigenvalue weighted by Crippen LogP contribution is 2.19. The molecule has 0 radical (unpaired) electrons. The maximum absolute atomic E-state index is 9.57. The minimum atomic E-state index is -1.31. The SMILES string of the molecule is CC[C@@H](O)[C@H](C)O[C@H]1OC[C@H](O)[C@@H](O)C1O. The van der Waals surface area contributed by atoms with E-state index in [-0.39, 0.29) is 6.61 Å². The van der Waals surface area contributed by atoms with Crippen molar-refractivity contribution < 1.29 is 29.9 Å². The summed E-state index contributed by atoms with van der Waals surface area (Å²) in [7, 11) is 0. The van der Waals surface area contributed by atoms with Gasteiger partial charge in [-0.15, -0.1) is 0 Å². The molecule has 0 aromatic heterocycles. The molecule has 4 N–H and O–H groups in total. The zero-order valence-corrected chi connectivity index (χ0v) is 9.48. The molecular weight excluding hydrogens is 216 g/mol. The highest BCUT2D eigenvalue weighted by atomic mass is 16.7. The van der Waals surface area contributed by atoms with Gasteiger partial charge < -0.3 is 29.9 Å².